The minimum atomic E-state index is -1.29. The quantitative estimate of drug-likeness (QED) is 0.747. The van der Waals surface area contributed by atoms with Gasteiger partial charge in [-0.25, -0.2) is 4.79 Å². The molecule has 1 N–H and O–H groups in total. The number of hydrogen-bond acceptors (Lipinski definition) is 5. The van der Waals surface area contributed by atoms with Gasteiger partial charge in [0.05, 0.1) is 6.04 Å². The summed E-state index contributed by atoms with van der Waals surface area (Å²) in [6.07, 6.45) is 0. The second-order valence-corrected chi connectivity index (χ2v) is 7.90. The maximum absolute atomic E-state index is 13.2. The van der Waals surface area contributed by atoms with E-state index in [1.807, 2.05) is 37.3 Å². The molecule has 0 saturated carbocycles. The molecule has 162 valence electrons. The number of fused-ring (bicyclic) bond motifs is 1. The Labute approximate surface area is 180 Å². The minimum absolute atomic E-state index is 0.196. The van der Waals surface area contributed by atoms with Gasteiger partial charge in [0.1, 0.15) is 25.3 Å². The Bertz CT molecular complexity index is 1030. The molecule has 8 heteroatoms. The van der Waals surface area contributed by atoms with Crippen LogP contribution in [0.25, 0.3) is 0 Å². The third-order valence-corrected chi connectivity index (χ3v) is 5.94. The highest BCUT2D eigenvalue weighted by Crippen LogP contribution is 2.36. The van der Waals surface area contributed by atoms with Crippen LogP contribution in [0.1, 0.15) is 31.0 Å². The number of amides is 4. The minimum Gasteiger partial charge on any atom is -0.486 e. The van der Waals surface area contributed by atoms with E-state index in [0.29, 0.717) is 30.3 Å². The topological polar surface area (TPSA) is 88.2 Å². The van der Waals surface area contributed by atoms with Gasteiger partial charge in [0.2, 0.25) is 5.91 Å². The number of rotatable bonds is 5. The van der Waals surface area contributed by atoms with E-state index in [1.54, 1.807) is 32.2 Å². The molecule has 0 spiro atoms. The Morgan fingerprint density at radius 1 is 1.13 bits per heavy atom. The van der Waals surface area contributed by atoms with Crippen molar-refractivity contribution in [2.75, 3.05) is 26.8 Å². The number of benzene rings is 2. The molecular weight excluding hydrogens is 398 g/mol. The molecule has 8 nitrogen and oxygen atoms in total. The van der Waals surface area contributed by atoms with Gasteiger partial charge >= 0.3 is 6.03 Å². The van der Waals surface area contributed by atoms with Gasteiger partial charge in [-0.05, 0) is 37.1 Å². The first-order valence-electron chi connectivity index (χ1n) is 10.2. The second kappa shape index (κ2) is 7.94. The fraction of sp³-hybridized carbons (Fsp3) is 0.348. The molecule has 0 radical (unpaired) electrons. The maximum atomic E-state index is 13.2. The van der Waals surface area contributed by atoms with Crippen molar-refractivity contribution in [2.45, 2.75) is 25.4 Å². The Morgan fingerprint density at radius 2 is 1.81 bits per heavy atom. The number of imide groups is 1. The molecule has 1 saturated heterocycles. The number of urea groups is 1. The second-order valence-electron chi connectivity index (χ2n) is 7.90. The fourth-order valence-electron chi connectivity index (χ4n) is 3.81. The van der Waals surface area contributed by atoms with Crippen LogP contribution in [0, 0.1) is 0 Å². The van der Waals surface area contributed by atoms with Crippen LogP contribution in [-0.4, -0.2) is 54.5 Å². The standard InChI is InChI=1S/C23H25N3O5/c1-15(16-7-5-4-6-8-16)25(3)20(27)14-26-21(28)23(2,24-22(26)29)17-9-10-18-19(13-17)31-12-11-30-18/h4-10,13,15H,11-12,14H2,1-3H3,(H,24,29)/t15-,23-/m0/s1. The molecule has 0 unspecified atom stereocenters. The van der Waals surface area contributed by atoms with Crippen molar-refractivity contribution in [3.8, 4) is 11.5 Å². The zero-order chi connectivity index (χ0) is 22.2. The summed E-state index contributed by atoms with van der Waals surface area (Å²) in [5, 5.41) is 2.73. The van der Waals surface area contributed by atoms with Crippen molar-refractivity contribution in [1.82, 2.24) is 15.1 Å². The van der Waals surface area contributed by atoms with Crippen LogP contribution in [0.4, 0.5) is 4.79 Å². The lowest BCUT2D eigenvalue weighted by Crippen LogP contribution is -2.44. The first-order chi connectivity index (χ1) is 14.8. The van der Waals surface area contributed by atoms with Crippen molar-refractivity contribution in [3.63, 3.8) is 0 Å². The van der Waals surface area contributed by atoms with Crippen LogP contribution < -0.4 is 14.8 Å². The van der Waals surface area contributed by atoms with Gasteiger partial charge in [0.25, 0.3) is 5.91 Å². The van der Waals surface area contributed by atoms with Crippen LogP contribution in [0.15, 0.2) is 48.5 Å². The summed E-state index contributed by atoms with van der Waals surface area (Å²) >= 11 is 0. The van der Waals surface area contributed by atoms with E-state index in [-0.39, 0.29) is 18.5 Å². The van der Waals surface area contributed by atoms with E-state index in [1.165, 1.54) is 4.90 Å². The predicted octanol–water partition coefficient (Wildman–Crippen LogP) is 2.44. The predicted molar refractivity (Wildman–Crippen MR) is 113 cm³/mol. The highest BCUT2D eigenvalue weighted by Gasteiger charge is 2.50. The number of carbonyl (C=O) groups excluding carboxylic acids is 3. The Balaban J connectivity index is 1.51. The van der Waals surface area contributed by atoms with E-state index in [2.05, 4.69) is 5.32 Å². The Hall–Kier alpha value is -3.55. The summed E-state index contributed by atoms with van der Waals surface area (Å²) in [4.78, 5) is 41.2. The van der Waals surface area contributed by atoms with Gasteiger partial charge in [0, 0.05) is 7.05 Å². The first kappa shape index (κ1) is 20.7. The number of likely N-dealkylation sites (N-methyl/N-ethyl adjacent to an activating group) is 1. The van der Waals surface area contributed by atoms with E-state index < -0.39 is 17.5 Å². The van der Waals surface area contributed by atoms with Crippen molar-refractivity contribution in [2.24, 2.45) is 0 Å². The van der Waals surface area contributed by atoms with E-state index in [9.17, 15) is 14.4 Å². The van der Waals surface area contributed by atoms with Gasteiger partial charge in [-0.2, -0.15) is 0 Å². The van der Waals surface area contributed by atoms with Gasteiger partial charge in [-0.3, -0.25) is 14.5 Å². The Morgan fingerprint density at radius 3 is 2.52 bits per heavy atom. The molecule has 4 rings (SSSR count). The lowest BCUT2D eigenvalue weighted by molar-refractivity contribution is -0.139. The highest BCUT2D eigenvalue weighted by molar-refractivity contribution is 6.09. The van der Waals surface area contributed by atoms with Gasteiger partial charge < -0.3 is 19.7 Å². The average molecular weight is 423 g/mol. The summed E-state index contributed by atoms with van der Waals surface area (Å²) in [5.41, 5.74) is 0.240. The molecule has 2 heterocycles. The fourth-order valence-corrected chi connectivity index (χ4v) is 3.81. The summed E-state index contributed by atoms with van der Waals surface area (Å²) < 4.78 is 11.1. The maximum Gasteiger partial charge on any atom is 0.325 e. The number of nitrogens with zero attached hydrogens (tertiary/aromatic N) is 2. The van der Waals surface area contributed by atoms with Gasteiger partial charge in [-0.15, -0.1) is 0 Å². The largest absolute Gasteiger partial charge is 0.486 e. The lowest BCUT2D eigenvalue weighted by atomic mass is 9.91. The summed E-state index contributed by atoms with van der Waals surface area (Å²) in [5.74, 6) is 0.312. The molecule has 2 atom stereocenters. The molecule has 4 amide bonds. The molecule has 0 aliphatic carbocycles. The molecule has 31 heavy (non-hydrogen) atoms. The van der Waals surface area contributed by atoms with Crippen molar-refractivity contribution >= 4 is 17.8 Å². The Kier molecular flexibility index (Phi) is 5.31. The molecule has 1 fully saturated rings. The van der Waals surface area contributed by atoms with Crippen molar-refractivity contribution in [3.05, 3.63) is 59.7 Å². The van der Waals surface area contributed by atoms with Gasteiger partial charge in [-0.1, -0.05) is 36.4 Å². The van der Waals surface area contributed by atoms with Gasteiger partial charge in [0.15, 0.2) is 11.5 Å². The zero-order valence-electron chi connectivity index (χ0n) is 17.8. The van der Waals surface area contributed by atoms with E-state index >= 15 is 0 Å². The number of ether oxygens (including phenoxy) is 2. The molecule has 2 aromatic carbocycles. The molecule has 2 aliphatic rings. The molecule has 2 aliphatic heterocycles. The number of carbonyl (C=O) groups is 3. The van der Waals surface area contributed by atoms with Crippen LogP contribution >= 0.6 is 0 Å². The number of nitrogens with one attached hydrogen (secondary N) is 1. The zero-order valence-corrected chi connectivity index (χ0v) is 17.8. The summed E-state index contributed by atoms with van der Waals surface area (Å²) in [6, 6.07) is 13.9. The number of hydrogen-bond donors (Lipinski definition) is 1. The van der Waals surface area contributed by atoms with Crippen LogP contribution in [0.5, 0.6) is 11.5 Å². The SMILES string of the molecule is C[C@@H](c1ccccc1)N(C)C(=O)CN1C(=O)N[C@@](C)(c2ccc3c(c2)OCCO3)C1=O. The van der Waals surface area contributed by atoms with Crippen LogP contribution in [0.3, 0.4) is 0 Å². The first-order valence-corrected chi connectivity index (χ1v) is 10.2. The lowest BCUT2D eigenvalue weighted by Gasteiger charge is -2.27. The molecule has 2 aromatic rings. The summed E-state index contributed by atoms with van der Waals surface area (Å²) in [7, 11) is 1.67. The molecular formula is C23H25N3O5. The average Bonchev–Trinajstić information content (AvgIpc) is 3.02. The van der Waals surface area contributed by atoms with E-state index in [0.717, 1.165) is 10.5 Å². The highest BCUT2D eigenvalue weighted by atomic mass is 16.6. The van der Waals surface area contributed by atoms with Crippen molar-refractivity contribution < 1.29 is 23.9 Å². The van der Waals surface area contributed by atoms with Crippen molar-refractivity contribution in [1.29, 1.82) is 0 Å². The monoisotopic (exact) mass is 423 g/mol. The van der Waals surface area contributed by atoms with Crippen LogP contribution in [0.2, 0.25) is 0 Å². The normalized spacial score (nSPS) is 20.9. The third-order valence-electron chi connectivity index (χ3n) is 5.94. The van der Waals surface area contributed by atoms with Crippen LogP contribution in [-0.2, 0) is 15.1 Å². The smallest absolute Gasteiger partial charge is 0.325 e. The molecule has 0 aromatic heterocycles. The molecule has 0 bridgehead atoms. The summed E-state index contributed by atoms with van der Waals surface area (Å²) in [6.45, 7) is 4.07. The van der Waals surface area contributed by atoms with E-state index in [4.69, 9.17) is 9.47 Å². The third kappa shape index (κ3) is 3.69.